The second-order valence-corrected chi connectivity index (χ2v) is 6.06. The Bertz CT molecular complexity index is 533. The molecule has 0 aromatic heterocycles. The third-order valence-electron chi connectivity index (χ3n) is 2.80. The van der Waals surface area contributed by atoms with E-state index in [0.717, 1.165) is 12.1 Å². The maximum Gasteiger partial charge on any atom is 0.416 e. The van der Waals surface area contributed by atoms with Gasteiger partial charge in [0.05, 0.1) is 11.1 Å². The largest absolute Gasteiger partial charge is 0.416 e. The number of carbonyl (C=O) groups is 1. The summed E-state index contributed by atoms with van der Waals surface area (Å²) in [5, 5.41) is 5.16. The Balaban J connectivity index is 2.88. The second-order valence-electron chi connectivity index (χ2n) is 4.20. The fraction of sp³-hybridized carbons (Fsp3) is 0.462. The van der Waals surface area contributed by atoms with Crippen LogP contribution in [0.4, 0.5) is 18.9 Å². The minimum atomic E-state index is -4.51. The maximum atomic E-state index is 12.7. The molecule has 0 radical (unpaired) electrons. The van der Waals surface area contributed by atoms with Crippen LogP contribution in [0.1, 0.15) is 22.8 Å². The molecule has 0 heterocycles. The summed E-state index contributed by atoms with van der Waals surface area (Å²) in [5.41, 5.74) is -0.671. The number of amides is 1. The zero-order valence-corrected chi connectivity index (χ0v) is 12.5. The zero-order valence-electron chi connectivity index (χ0n) is 11.7. The van der Waals surface area contributed by atoms with Crippen molar-refractivity contribution in [3.8, 4) is 0 Å². The SMILES string of the molecule is CCS(=O)CCNC(=O)c1cc(C(F)(F)F)ccc1NC. The van der Waals surface area contributed by atoms with Gasteiger partial charge in [-0.05, 0) is 18.2 Å². The molecule has 4 nitrogen and oxygen atoms in total. The van der Waals surface area contributed by atoms with E-state index in [2.05, 4.69) is 10.6 Å². The third-order valence-corrected chi connectivity index (χ3v) is 4.10. The quantitative estimate of drug-likeness (QED) is 0.844. The first-order valence-electron chi connectivity index (χ1n) is 6.31. The molecule has 1 amide bonds. The first kappa shape index (κ1) is 17.5. The summed E-state index contributed by atoms with van der Waals surface area (Å²) in [7, 11) is 0.484. The van der Waals surface area contributed by atoms with Crippen LogP contribution >= 0.6 is 0 Å². The number of rotatable bonds is 6. The molecule has 0 saturated carbocycles. The molecule has 0 saturated heterocycles. The molecular weight excluding hydrogens is 305 g/mol. The molecule has 0 spiro atoms. The number of anilines is 1. The minimum absolute atomic E-state index is 0.0883. The van der Waals surface area contributed by atoms with Crippen molar-refractivity contribution in [2.24, 2.45) is 0 Å². The van der Waals surface area contributed by atoms with Crippen LogP contribution in [0.3, 0.4) is 0 Å². The van der Waals surface area contributed by atoms with E-state index in [1.165, 1.54) is 13.1 Å². The van der Waals surface area contributed by atoms with E-state index in [9.17, 15) is 22.2 Å². The van der Waals surface area contributed by atoms with Crippen molar-refractivity contribution < 1.29 is 22.2 Å². The van der Waals surface area contributed by atoms with Gasteiger partial charge in [0.25, 0.3) is 5.91 Å². The Labute approximate surface area is 123 Å². The summed E-state index contributed by atoms with van der Waals surface area (Å²) in [6.45, 7) is 1.91. The highest BCUT2D eigenvalue weighted by molar-refractivity contribution is 7.84. The monoisotopic (exact) mass is 322 g/mol. The molecule has 0 fully saturated rings. The van der Waals surface area contributed by atoms with Crippen LogP contribution in [0.25, 0.3) is 0 Å². The second kappa shape index (κ2) is 7.44. The highest BCUT2D eigenvalue weighted by atomic mass is 32.2. The number of benzene rings is 1. The minimum Gasteiger partial charge on any atom is -0.387 e. The molecule has 1 rings (SSSR count). The Kier molecular flexibility index (Phi) is 6.19. The van der Waals surface area contributed by atoms with Crippen molar-refractivity contribution in [1.29, 1.82) is 0 Å². The van der Waals surface area contributed by atoms with Crippen LogP contribution in [0.15, 0.2) is 18.2 Å². The first-order valence-corrected chi connectivity index (χ1v) is 7.80. The van der Waals surface area contributed by atoms with E-state index in [1.807, 2.05) is 0 Å². The summed E-state index contributed by atoms with van der Waals surface area (Å²) in [6.07, 6.45) is -4.51. The number of hydrogen-bond donors (Lipinski definition) is 2. The Morgan fingerprint density at radius 3 is 2.52 bits per heavy atom. The van der Waals surface area contributed by atoms with E-state index in [0.29, 0.717) is 11.4 Å². The number of hydrogen-bond acceptors (Lipinski definition) is 3. The lowest BCUT2D eigenvalue weighted by Gasteiger charge is -2.13. The molecule has 8 heteroatoms. The van der Waals surface area contributed by atoms with Crippen molar-refractivity contribution in [3.05, 3.63) is 29.3 Å². The van der Waals surface area contributed by atoms with Gasteiger partial charge in [-0.25, -0.2) is 0 Å². The van der Waals surface area contributed by atoms with Crippen LogP contribution < -0.4 is 10.6 Å². The number of halogens is 3. The fourth-order valence-electron chi connectivity index (χ4n) is 1.64. The number of alkyl halides is 3. The molecular formula is C13H17F3N2O2S. The molecule has 2 N–H and O–H groups in total. The topological polar surface area (TPSA) is 58.2 Å². The van der Waals surface area contributed by atoms with Crippen LogP contribution in [0.2, 0.25) is 0 Å². The maximum absolute atomic E-state index is 12.7. The predicted molar refractivity (Wildman–Crippen MR) is 76.9 cm³/mol. The smallest absolute Gasteiger partial charge is 0.387 e. The zero-order chi connectivity index (χ0) is 16.0. The predicted octanol–water partition coefficient (Wildman–Crippen LogP) is 2.25. The van der Waals surface area contributed by atoms with Gasteiger partial charge in [-0.3, -0.25) is 9.00 Å². The van der Waals surface area contributed by atoms with E-state index in [1.54, 1.807) is 6.92 Å². The van der Waals surface area contributed by atoms with Gasteiger partial charge in [0, 0.05) is 41.6 Å². The van der Waals surface area contributed by atoms with Gasteiger partial charge in [-0.1, -0.05) is 6.92 Å². The van der Waals surface area contributed by atoms with Gasteiger partial charge in [0.15, 0.2) is 0 Å². The van der Waals surface area contributed by atoms with Crippen LogP contribution in [0.5, 0.6) is 0 Å². The lowest BCUT2D eigenvalue weighted by atomic mass is 10.1. The molecule has 1 atom stereocenters. The molecule has 1 aromatic rings. The fourth-order valence-corrected chi connectivity index (χ4v) is 2.26. The highest BCUT2D eigenvalue weighted by Crippen LogP contribution is 2.31. The average Bonchev–Trinajstić information content (AvgIpc) is 2.45. The molecule has 118 valence electrons. The molecule has 1 aromatic carbocycles. The van der Waals surface area contributed by atoms with Crippen molar-refractivity contribution in [3.63, 3.8) is 0 Å². The number of nitrogens with one attached hydrogen (secondary N) is 2. The van der Waals surface area contributed by atoms with Crippen molar-refractivity contribution >= 4 is 22.4 Å². The first-order chi connectivity index (χ1) is 9.79. The third kappa shape index (κ3) is 5.04. The Hall–Kier alpha value is -1.57. The highest BCUT2D eigenvalue weighted by Gasteiger charge is 2.31. The summed E-state index contributed by atoms with van der Waals surface area (Å²) in [5.74, 6) is 0.121. The molecule has 0 aliphatic rings. The lowest BCUT2D eigenvalue weighted by Crippen LogP contribution is -2.29. The summed E-state index contributed by atoms with van der Waals surface area (Å²) >= 11 is 0. The standard InChI is InChI=1S/C13H17F3N2O2S/c1-3-21(20)7-6-18-12(19)10-8-9(13(14,15)16)4-5-11(10)17-2/h4-5,8,17H,3,6-7H2,1-2H3,(H,18,19). The van der Waals surface area contributed by atoms with E-state index in [-0.39, 0.29) is 17.9 Å². The van der Waals surface area contributed by atoms with E-state index in [4.69, 9.17) is 0 Å². The van der Waals surface area contributed by atoms with Crippen molar-refractivity contribution in [2.75, 3.05) is 30.4 Å². The molecule has 1 unspecified atom stereocenters. The summed E-state index contributed by atoms with van der Waals surface area (Å²) < 4.78 is 49.3. The molecule has 0 aliphatic carbocycles. The van der Waals surface area contributed by atoms with Gasteiger partial charge in [-0.2, -0.15) is 13.2 Å². The summed E-state index contributed by atoms with van der Waals surface area (Å²) in [4.78, 5) is 12.0. The van der Waals surface area contributed by atoms with Crippen LogP contribution in [-0.2, 0) is 17.0 Å². The molecule has 0 bridgehead atoms. The normalized spacial score (nSPS) is 12.8. The van der Waals surface area contributed by atoms with Crippen LogP contribution in [0, 0.1) is 0 Å². The Morgan fingerprint density at radius 2 is 2.00 bits per heavy atom. The van der Waals surface area contributed by atoms with Crippen LogP contribution in [-0.4, -0.2) is 35.2 Å². The lowest BCUT2D eigenvalue weighted by molar-refractivity contribution is -0.137. The Morgan fingerprint density at radius 1 is 1.33 bits per heavy atom. The molecule has 0 aliphatic heterocycles. The number of carbonyl (C=O) groups excluding carboxylic acids is 1. The van der Waals surface area contributed by atoms with Gasteiger partial charge in [-0.15, -0.1) is 0 Å². The van der Waals surface area contributed by atoms with E-state index >= 15 is 0 Å². The van der Waals surface area contributed by atoms with E-state index < -0.39 is 28.4 Å². The average molecular weight is 322 g/mol. The van der Waals surface area contributed by atoms with Gasteiger partial charge >= 0.3 is 6.18 Å². The van der Waals surface area contributed by atoms with Crippen molar-refractivity contribution in [1.82, 2.24) is 5.32 Å². The van der Waals surface area contributed by atoms with Gasteiger partial charge in [0.2, 0.25) is 0 Å². The van der Waals surface area contributed by atoms with Crippen molar-refractivity contribution in [2.45, 2.75) is 13.1 Å². The molecule has 21 heavy (non-hydrogen) atoms. The van der Waals surface area contributed by atoms with Gasteiger partial charge in [0.1, 0.15) is 0 Å². The summed E-state index contributed by atoms with van der Waals surface area (Å²) in [6, 6.07) is 2.93. The van der Waals surface area contributed by atoms with Gasteiger partial charge < -0.3 is 10.6 Å².